The van der Waals surface area contributed by atoms with E-state index < -0.39 is 0 Å². The van der Waals surface area contributed by atoms with Crippen molar-refractivity contribution < 1.29 is 9.59 Å². The average molecular weight is 314 g/mol. The number of hydrogen-bond acceptors (Lipinski definition) is 5. The van der Waals surface area contributed by atoms with Gasteiger partial charge >= 0.3 is 0 Å². The molecule has 2 aromatic rings. The van der Waals surface area contributed by atoms with E-state index in [-0.39, 0.29) is 18.4 Å². The quantitative estimate of drug-likeness (QED) is 0.928. The Morgan fingerprint density at radius 2 is 1.95 bits per heavy atom. The zero-order valence-electron chi connectivity index (χ0n) is 11.7. The highest BCUT2D eigenvalue weighted by atomic mass is 32.2. The van der Waals surface area contributed by atoms with Gasteiger partial charge in [-0.25, -0.2) is 9.97 Å². The zero-order valence-corrected chi connectivity index (χ0v) is 12.5. The first kappa shape index (κ1) is 14.5. The van der Waals surface area contributed by atoms with Gasteiger partial charge in [0.2, 0.25) is 11.8 Å². The van der Waals surface area contributed by atoms with Gasteiger partial charge in [-0.05, 0) is 0 Å². The van der Waals surface area contributed by atoms with Crippen molar-refractivity contribution in [3.63, 3.8) is 0 Å². The third-order valence-electron chi connectivity index (χ3n) is 3.13. The van der Waals surface area contributed by atoms with Gasteiger partial charge in [0.05, 0.1) is 29.7 Å². The van der Waals surface area contributed by atoms with E-state index >= 15 is 0 Å². The molecule has 0 aliphatic carbocycles. The summed E-state index contributed by atoms with van der Waals surface area (Å²) in [6.45, 7) is 0.0618. The van der Waals surface area contributed by atoms with E-state index in [2.05, 4.69) is 15.3 Å². The van der Waals surface area contributed by atoms with Crippen LogP contribution in [0.3, 0.4) is 0 Å². The maximum atomic E-state index is 11.9. The molecular weight excluding hydrogens is 300 g/mol. The summed E-state index contributed by atoms with van der Waals surface area (Å²) < 4.78 is 0. The van der Waals surface area contributed by atoms with Crippen LogP contribution in [0.2, 0.25) is 0 Å². The van der Waals surface area contributed by atoms with E-state index in [4.69, 9.17) is 0 Å². The maximum absolute atomic E-state index is 11.9. The smallest absolute Gasteiger partial charge is 0.244 e. The Hall–Kier alpha value is -2.41. The van der Waals surface area contributed by atoms with Gasteiger partial charge < -0.3 is 10.2 Å². The van der Waals surface area contributed by atoms with Gasteiger partial charge in [0.1, 0.15) is 6.54 Å². The normalized spacial score (nSPS) is 14.2. The van der Waals surface area contributed by atoms with Gasteiger partial charge in [0.15, 0.2) is 5.82 Å². The fourth-order valence-electron chi connectivity index (χ4n) is 2.04. The lowest BCUT2D eigenvalue weighted by Crippen LogP contribution is -2.34. The van der Waals surface area contributed by atoms with Crippen LogP contribution < -0.4 is 5.32 Å². The molecule has 2 heterocycles. The van der Waals surface area contributed by atoms with Crippen LogP contribution in [-0.4, -0.2) is 44.9 Å². The van der Waals surface area contributed by atoms with Crippen LogP contribution in [0.5, 0.6) is 0 Å². The van der Waals surface area contributed by atoms with Crippen LogP contribution in [0.1, 0.15) is 0 Å². The molecule has 0 bridgehead atoms. The number of amides is 2. The average Bonchev–Trinajstić information content (AvgIpc) is 2.94. The highest BCUT2D eigenvalue weighted by Gasteiger charge is 2.22. The molecule has 1 saturated heterocycles. The van der Waals surface area contributed by atoms with E-state index in [1.807, 2.05) is 30.3 Å². The summed E-state index contributed by atoms with van der Waals surface area (Å²) in [4.78, 5) is 33.4. The Labute approximate surface area is 132 Å². The van der Waals surface area contributed by atoms with E-state index in [0.29, 0.717) is 23.1 Å². The Morgan fingerprint density at radius 1 is 1.23 bits per heavy atom. The molecule has 0 atom stereocenters. The van der Waals surface area contributed by atoms with Gasteiger partial charge in [0.25, 0.3) is 0 Å². The van der Waals surface area contributed by atoms with Crippen LogP contribution in [0.15, 0.2) is 42.7 Å². The molecule has 1 aromatic heterocycles. The molecule has 1 aliphatic heterocycles. The molecule has 6 nitrogen and oxygen atoms in total. The number of thioether (sulfide) groups is 1. The van der Waals surface area contributed by atoms with E-state index in [1.54, 1.807) is 12.4 Å². The Bertz CT molecular complexity index is 676. The number of carbonyl (C=O) groups is 2. The zero-order chi connectivity index (χ0) is 15.4. The summed E-state index contributed by atoms with van der Waals surface area (Å²) in [5.74, 6) is 1.37. The number of anilines is 1. The lowest BCUT2D eigenvalue weighted by molar-refractivity contribution is -0.130. The summed E-state index contributed by atoms with van der Waals surface area (Å²) in [6, 6.07) is 9.60. The first-order valence-electron chi connectivity index (χ1n) is 6.75. The number of nitrogens with zero attached hydrogens (tertiary/aromatic N) is 3. The van der Waals surface area contributed by atoms with Crippen LogP contribution in [0, 0.1) is 0 Å². The standard InChI is InChI=1S/C15H14N4O2S/c20-13(8-19-10-22-9-14(19)21)18-12-6-16-15(17-7-12)11-4-2-1-3-5-11/h1-7H,8-10H2,(H,18,20). The van der Waals surface area contributed by atoms with Crippen LogP contribution in [0.25, 0.3) is 11.4 Å². The number of aromatic nitrogens is 2. The summed E-state index contributed by atoms with van der Waals surface area (Å²) in [5.41, 5.74) is 1.43. The second-order valence-electron chi connectivity index (χ2n) is 4.78. The minimum absolute atomic E-state index is 0.00387. The van der Waals surface area contributed by atoms with Gasteiger partial charge in [-0.15, -0.1) is 11.8 Å². The number of benzene rings is 1. The molecule has 1 N–H and O–H groups in total. The summed E-state index contributed by atoms with van der Waals surface area (Å²) in [5, 5.41) is 2.70. The van der Waals surface area contributed by atoms with Gasteiger partial charge in [-0.2, -0.15) is 0 Å². The topological polar surface area (TPSA) is 75.2 Å². The largest absolute Gasteiger partial charge is 0.323 e. The van der Waals surface area contributed by atoms with Crippen molar-refractivity contribution in [2.45, 2.75) is 0 Å². The van der Waals surface area contributed by atoms with Crippen LogP contribution in [-0.2, 0) is 9.59 Å². The summed E-state index contributed by atoms with van der Waals surface area (Å²) in [7, 11) is 0. The van der Waals surface area contributed by atoms with Crippen molar-refractivity contribution >= 4 is 29.3 Å². The molecule has 22 heavy (non-hydrogen) atoms. The molecule has 3 rings (SSSR count). The SMILES string of the molecule is O=C(CN1CSCC1=O)Nc1cnc(-c2ccccc2)nc1. The number of carbonyl (C=O) groups excluding carboxylic acids is 2. The van der Waals surface area contributed by atoms with Crippen LogP contribution >= 0.6 is 11.8 Å². The molecule has 7 heteroatoms. The molecule has 0 radical (unpaired) electrons. The van der Waals surface area contributed by atoms with Gasteiger partial charge in [-0.3, -0.25) is 9.59 Å². The second-order valence-corrected chi connectivity index (χ2v) is 5.73. The molecule has 0 saturated carbocycles. The molecule has 0 spiro atoms. The highest BCUT2D eigenvalue weighted by Crippen LogP contribution is 2.16. The Morgan fingerprint density at radius 3 is 2.59 bits per heavy atom. The highest BCUT2D eigenvalue weighted by molar-refractivity contribution is 8.00. The predicted octanol–water partition coefficient (Wildman–Crippen LogP) is 1.61. The first-order chi connectivity index (χ1) is 10.7. The third-order valence-corrected chi connectivity index (χ3v) is 4.07. The van der Waals surface area contributed by atoms with E-state index in [9.17, 15) is 9.59 Å². The van der Waals surface area contributed by atoms with E-state index in [1.165, 1.54) is 16.7 Å². The summed E-state index contributed by atoms with van der Waals surface area (Å²) >= 11 is 1.51. The second kappa shape index (κ2) is 6.57. The lowest BCUT2D eigenvalue weighted by Gasteiger charge is -2.13. The molecule has 112 valence electrons. The monoisotopic (exact) mass is 314 g/mol. The Kier molecular flexibility index (Phi) is 4.34. The summed E-state index contributed by atoms with van der Waals surface area (Å²) in [6.07, 6.45) is 3.13. The first-order valence-corrected chi connectivity index (χ1v) is 7.91. The fourth-order valence-corrected chi connectivity index (χ4v) is 2.95. The van der Waals surface area contributed by atoms with Crippen LogP contribution in [0.4, 0.5) is 5.69 Å². The number of hydrogen-bond donors (Lipinski definition) is 1. The van der Waals surface area contributed by atoms with Crippen molar-refractivity contribution in [1.82, 2.24) is 14.9 Å². The minimum atomic E-state index is -0.244. The molecular formula is C15H14N4O2S. The fraction of sp³-hybridized carbons (Fsp3) is 0.200. The molecule has 1 fully saturated rings. The van der Waals surface area contributed by atoms with Crippen molar-refractivity contribution in [3.05, 3.63) is 42.7 Å². The molecule has 1 aromatic carbocycles. The Balaban J connectivity index is 1.61. The predicted molar refractivity (Wildman–Crippen MR) is 85.1 cm³/mol. The molecule has 0 unspecified atom stereocenters. The number of rotatable bonds is 4. The lowest BCUT2D eigenvalue weighted by atomic mass is 10.2. The van der Waals surface area contributed by atoms with Crippen molar-refractivity contribution in [1.29, 1.82) is 0 Å². The van der Waals surface area contributed by atoms with E-state index in [0.717, 1.165) is 5.56 Å². The van der Waals surface area contributed by atoms with Gasteiger partial charge in [0, 0.05) is 5.56 Å². The maximum Gasteiger partial charge on any atom is 0.244 e. The number of nitrogens with one attached hydrogen (secondary N) is 1. The minimum Gasteiger partial charge on any atom is -0.323 e. The third kappa shape index (κ3) is 3.43. The van der Waals surface area contributed by atoms with Crippen molar-refractivity contribution in [2.75, 3.05) is 23.5 Å². The van der Waals surface area contributed by atoms with Crippen molar-refractivity contribution in [2.24, 2.45) is 0 Å². The van der Waals surface area contributed by atoms with Gasteiger partial charge in [-0.1, -0.05) is 30.3 Å². The molecule has 2 amide bonds. The molecule has 1 aliphatic rings. The van der Waals surface area contributed by atoms with Crippen molar-refractivity contribution in [3.8, 4) is 11.4 Å².